The summed E-state index contributed by atoms with van der Waals surface area (Å²) in [7, 11) is 6.27. The fourth-order valence-corrected chi connectivity index (χ4v) is 2.82. The van der Waals surface area contributed by atoms with Gasteiger partial charge in [-0.1, -0.05) is 12.1 Å². The molecule has 0 aliphatic carbocycles. The summed E-state index contributed by atoms with van der Waals surface area (Å²) in [4.78, 5) is 11.5. The fraction of sp³-hybridized carbons (Fsp3) is 0.350. The third-order valence-corrected chi connectivity index (χ3v) is 4.49. The Bertz CT molecular complexity index is 666. The molecular weight excluding hydrogens is 296 g/mol. The first-order valence-corrected chi connectivity index (χ1v) is 8.47. The van der Waals surface area contributed by atoms with E-state index in [1.54, 1.807) is 0 Å². The van der Waals surface area contributed by atoms with E-state index < -0.39 is 0 Å². The van der Waals surface area contributed by atoms with Gasteiger partial charge in [-0.05, 0) is 49.0 Å². The van der Waals surface area contributed by atoms with Crippen molar-refractivity contribution >= 4 is 23.3 Å². The van der Waals surface area contributed by atoms with Crippen LogP contribution in [-0.2, 0) is 0 Å². The minimum absolute atomic E-state index is 0.990. The molecule has 24 heavy (non-hydrogen) atoms. The zero-order valence-electron chi connectivity index (χ0n) is 14.8. The van der Waals surface area contributed by atoms with Crippen molar-refractivity contribution in [2.24, 2.45) is 4.99 Å². The summed E-state index contributed by atoms with van der Waals surface area (Å²) in [6.45, 7) is 4.44. The molecule has 1 saturated heterocycles. The Hall–Kier alpha value is -2.33. The standard InChI is InChI=1S/C20H26N4/c1-22(2)19-8-4-17(5-9-19)16-21-18-6-10-20(11-7-18)24-14-12-23(3)13-15-24/h4-11,16H,12-15H2,1-3H3. The van der Waals surface area contributed by atoms with Crippen LogP contribution in [-0.4, -0.2) is 58.4 Å². The van der Waals surface area contributed by atoms with Gasteiger partial charge in [0.1, 0.15) is 0 Å². The van der Waals surface area contributed by atoms with Crippen molar-refractivity contribution in [3.8, 4) is 0 Å². The van der Waals surface area contributed by atoms with E-state index in [1.807, 2.05) is 20.3 Å². The predicted molar refractivity (Wildman–Crippen MR) is 104 cm³/mol. The van der Waals surface area contributed by atoms with Crippen molar-refractivity contribution in [3.63, 3.8) is 0 Å². The number of likely N-dealkylation sites (N-methyl/N-ethyl adjacent to an activating group) is 1. The SMILES string of the molecule is CN1CCN(c2ccc(N=Cc3ccc(N(C)C)cc3)cc2)CC1. The number of anilines is 2. The molecule has 0 bridgehead atoms. The Balaban J connectivity index is 1.63. The number of benzene rings is 2. The van der Waals surface area contributed by atoms with Gasteiger partial charge in [-0.15, -0.1) is 0 Å². The highest BCUT2D eigenvalue weighted by Crippen LogP contribution is 2.21. The van der Waals surface area contributed by atoms with Crippen LogP contribution < -0.4 is 9.80 Å². The topological polar surface area (TPSA) is 22.1 Å². The summed E-state index contributed by atoms with van der Waals surface area (Å²) in [5.41, 5.74) is 4.59. The Kier molecular flexibility index (Phi) is 5.16. The van der Waals surface area contributed by atoms with E-state index in [1.165, 1.54) is 11.4 Å². The molecule has 0 unspecified atom stereocenters. The lowest BCUT2D eigenvalue weighted by Crippen LogP contribution is -2.44. The molecule has 2 aromatic carbocycles. The third-order valence-electron chi connectivity index (χ3n) is 4.49. The van der Waals surface area contributed by atoms with Gasteiger partial charge in [0, 0.05) is 57.9 Å². The van der Waals surface area contributed by atoms with Crippen LogP contribution in [0.1, 0.15) is 5.56 Å². The number of rotatable bonds is 4. The second kappa shape index (κ2) is 7.49. The smallest absolute Gasteiger partial charge is 0.0631 e. The molecular formula is C20H26N4. The predicted octanol–water partition coefficient (Wildman–Crippen LogP) is 3.26. The summed E-state index contributed by atoms with van der Waals surface area (Å²) in [6.07, 6.45) is 1.92. The van der Waals surface area contributed by atoms with Gasteiger partial charge in [0.2, 0.25) is 0 Å². The zero-order chi connectivity index (χ0) is 16.9. The summed E-state index contributed by atoms with van der Waals surface area (Å²) in [6, 6.07) is 16.9. The van der Waals surface area contributed by atoms with Crippen molar-refractivity contribution in [1.29, 1.82) is 0 Å². The molecule has 2 aromatic rings. The van der Waals surface area contributed by atoms with Crippen LogP contribution in [0.5, 0.6) is 0 Å². The van der Waals surface area contributed by atoms with Crippen LogP contribution in [0.4, 0.5) is 17.1 Å². The lowest BCUT2D eigenvalue weighted by atomic mass is 10.2. The van der Waals surface area contributed by atoms with Crippen molar-refractivity contribution in [2.75, 3.05) is 57.1 Å². The lowest BCUT2D eigenvalue weighted by molar-refractivity contribution is 0.313. The van der Waals surface area contributed by atoms with Gasteiger partial charge in [0.15, 0.2) is 0 Å². The second-order valence-electron chi connectivity index (χ2n) is 6.55. The lowest BCUT2D eigenvalue weighted by Gasteiger charge is -2.34. The van der Waals surface area contributed by atoms with E-state index in [2.05, 4.69) is 75.3 Å². The highest BCUT2D eigenvalue weighted by Gasteiger charge is 2.13. The Labute approximate surface area is 145 Å². The zero-order valence-corrected chi connectivity index (χ0v) is 14.8. The van der Waals surface area contributed by atoms with Gasteiger partial charge in [0.05, 0.1) is 5.69 Å². The summed E-state index contributed by atoms with van der Waals surface area (Å²) in [5, 5.41) is 0. The maximum atomic E-state index is 4.58. The van der Waals surface area contributed by atoms with E-state index >= 15 is 0 Å². The van der Waals surface area contributed by atoms with Gasteiger partial charge in [-0.3, -0.25) is 4.99 Å². The van der Waals surface area contributed by atoms with Gasteiger partial charge < -0.3 is 14.7 Å². The normalized spacial score (nSPS) is 15.9. The van der Waals surface area contributed by atoms with E-state index in [0.29, 0.717) is 0 Å². The quantitative estimate of drug-likeness (QED) is 0.807. The molecule has 1 heterocycles. The number of hydrogen-bond acceptors (Lipinski definition) is 4. The molecule has 0 spiro atoms. The van der Waals surface area contributed by atoms with Crippen molar-refractivity contribution in [2.45, 2.75) is 0 Å². The first-order valence-electron chi connectivity index (χ1n) is 8.47. The molecule has 0 radical (unpaired) electrons. The minimum atomic E-state index is 0.990. The molecule has 0 amide bonds. The minimum Gasteiger partial charge on any atom is -0.378 e. The Morgan fingerprint density at radius 1 is 0.875 bits per heavy atom. The average Bonchev–Trinajstić information content (AvgIpc) is 2.61. The van der Waals surface area contributed by atoms with Crippen LogP contribution in [0.2, 0.25) is 0 Å². The van der Waals surface area contributed by atoms with E-state index in [0.717, 1.165) is 37.4 Å². The Morgan fingerprint density at radius 3 is 2.08 bits per heavy atom. The monoisotopic (exact) mass is 322 g/mol. The average molecular weight is 322 g/mol. The molecule has 3 rings (SSSR count). The van der Waals surface area contributed by atoms with Gasteiger partial charge in [-0.25, -0.2) is 0 Å². The number of piperazine rings is 1. The van der Waals surface area contributed by atoms with E-state index in [4.69, 9.17) is 0 Å². The number of nitrogens with zero attached hydrogens (tertiary/aromatic N) is 4. The molecule has 126 valence electrons. The second-order valence-corrected chi connectivity index (χ2v) is 6.55. The highest BCUT2D eigenvalue weighted by molar-refractivity contribution is 5.82. The molecule has 1 aliphatic heterocycles. The molecule has 0 aromatic heterocycles. The maximum Gasteiger partial charge on any atom is 0.0631 e. The molecule has 0 N–H and O–H groups in total. The number of aliphatic imine (C=N–C) groups is 1. The summed E-state index contributed by atoms with van der Waals surface area (Å²) >= 11 is 0. The molecule has 4 nitrogen and oxygen atoms in total. The third kappa shape index (κ3) is 4.15. The van der Waals surface area contributed by atoms with E-state index in [-0.39, 0.29) is 0 Å². The molecule has 0 saturated carbocycles. The number of hydrogen-bond donors (Lipinski definition) is 0. The van der Waals surface area contributed by atoms with Gasteiger partial charge in [-0.2, -0.15) is 0 Å². The van der Waals surface area contributed by atoms with Crippen molar-refractivity contribution < 1.29 is 0 Å². The van der Waals surface area contributed by atoms with Gasteiger partial charge in [0.25, 0.3) is 0 Å². The van der Waals surface area contributed by atoms with Crippen molar-refractivity contribution in [3.05, 3.63) is 54.1 Å². The van der Waals surface area contributed by atoms with Crippen molar-refractivity contribution in [1.82, 2.24) is 4.90 Å². The summed E-state index contributed by atoms with van der Waals surface area (Å²) in [5.74, 6) is 0. The van der Waals surface area contributed by atoms with E-state index in [9.17, 15) is 0 Å². The van der Waals surface area contributed by atoms with Crippen LogP contribution in [0.25, 0.3) is 0 Å². The fourth-order valence-electron chi connectivity index (χ4n) is 2.82. The molecule has 1 fully saturated rings. The maximum absolute atomic E-state index is 4.58. The molecule has 1 aliphatic rings. The van der Waals surface area contributed by atoms with Gasteiger partial charge >= 0.3 is 0 Å². The first-order chi connectivity index (χ1) is 11.6. The molecule has 4 heteroatoms. The Morgan fingerprint density at radius 2 is 1.50 bits per heavy atom. The summed E-state index contributed by atoms with van der Waals surface area (Å²) < 4.78 is 0. The van der Waals surface area contributed by atoms with Crippen LogP contribution in [0.3, 0.4) is 0 Å². The molecule has 0 atom stereocenters. The van der Waals surface area contributed by atoms with Crippen LogP contribution >= 0.6 is 0 Å². The van der Waals surface area contributed by atoms with Crippen LogP contribution in [0.15, 0.2) is 53.5 Å². The highest BCUT2D eigenvalue weighted by atomic mass is 15.2. The van der Waals surface area contributed by atoms with Crippen LogP contribution in [0, 0.1) is 0 Å². The first kappa shape index (κ1) is 16.5. The largest absolute Gasteiger partial charge is 0.378 e.